The van der Waals surface area contributed by atoms with E-state index in [9.17, 15) is 4.79 Å². The first-order valence-corrected chi connectivity index (χ1v) is 2.40. The van der Waals surface area contributed by atoms with Gasteiger partial charge in [-0.25, -0.2) is 0 Å². The van der Waals surface area contributed by atoms with Crippen molar-refractivity contribution >= 4 is 5.97 Å². The normalized spacial score (nSPS) is 19.6. The minimum absolute atomic E-state index is 0.261. The fourth-order valence-corrected chi connectivity index (χ4v) is 0.448. The van der Waals surface area contributed by atoms with E-state index < -0.39 is 0 Å². The van der Waals surface area contributed by atoms with Gasteiger partial charge in [0, 0.05) is 6.92 Å². The molecule has 8 heavy (non-hydrogen) atoms. The number of carbonyl (C=O) groups excluding carboxylic acids is 1. The first kappa shape index (κ1) is 5.56. The van der Waals surface area contributed by atoms with E-state index in [0.717, 1.165) is 6.10 Å². The zero-order valence-electron chi connectivity index (χ0n) is 4.64. The second kappa shape index (κ2) is 2.13. The first-order valence-electron chi connectivity index (χ1n) is 2.40. The lowest BCUT2D eigenvalue weighted by atomic mass is 10.3. The Balaban J connectivity index is 2.09. The molecule has 0 unspecified atom stereocenters. The van der Waals surface area contributed by atoms with Crippen LogP contribution in [0.5, 0.6) is 0 Å². The van der Waals surface area contributed by atoms with Crippen molar-refractivity contribution in [3.8, 4) is 0 Å². The van der Waals surface area contributed by atoms with Crippen molar-refractivity contribution < 1.29 is 14.3 Å². The number of esters is 1. The van der Waals surface area contributed by atoms with Gasteiger partial charge in [-0.05, 0) is 0 Å². The number of hydrogen-bond acceptors (Lipinski definition) is 3. The van der Waals surface area contributed by atoms with Gasteiger partial charge >= 0.3 is 5.97 Å². The second-order valence-electron chi connectivity index (χ2n) is 1.63. The molecule has 3 nitrogen and oxygen atoms in total. The van der Waals surface area contributed by atoms with Crippen molar-refractivity contribution in [3.05, 3.63) is 6.10 Å². The third kappa shape index (κ3) is 1.20. The summed E-state index contributed by atoms with van der Waals surface area (Å²) < 4.78 is 9.36. The van der Waals surface area contributed by atoms with Gasteiger partial charge < -0.3 is 9.47 Å². The van der Waals surface area contributed by atoms with Crippen LogP contribution in [-0.2, 0) is 14.3 Å². The van der Waals surface area contributed by atoms with Crippen LogP contribution in [0.25, 0.3) is 0 Å². The Morgan fingerprint density at radius 2 is 2.38 bits per heavy atom. The average molecular weight is 115 g/mol. The molecule has 0 N–H and O–H groups in total. The van der Waals surface area contributed by atoms with Crippen LogP contribution < -0.4 is 0 Å². The van der Waals surface area contributed by atoms with Crippen LogP contribution in [-0.4, -0.2) is 19.2 Å². The van der Waals surface area contributed by atoms with Gasteiger partial charge in [0.15, 0.2) is 0 Å². The fraction of sp³-hybridized carbons (Fsp3) is 0.600. The van der Waals surface area contributed by atoms with Gasteiger partial charge in [-0.1, -0.05) is 0 Å². The molecule has 1 rings (SSSR count). The molecule has 1 radical (unpaired) electrons. The number of hydrogen-bond donors (Lipinski definition) is 0. The molecule has 0 bridgehead atoms. The molecule has 45 valence electrons. The van der Waals surface area contributed by atoms with Crippen LogP contribution in [0, 0.1) is 6.10 Å². The van der Waals surface area contributed by atoms with Gasteiger partial charge in [-0.2, -0.15) is 0 Å². The summed E-state index contributed by atoms with van der Waals surface area (Å²) in [6, 6.07) is 0. The maximum absolute atomic E-state index is 10.1. The van der Waals surface area contributed by atoms with E-state index in [1.165, 1.54) is 6.92 Å². The van der Waals surface area contributed by atoms with Crippen molar-refractivity contribution in [2.75, 3.05) is 13.2 Å². The molecule has 1 fully saturated rings. The highest BCUT2D eigenvalue weighted by Gasteiger charge is 2.22. The molecule has 1 saturated heterocycles. The van der Waals surface area contributed by atoms with Crippen LogP contribution in [0.1, 0.15) is 6.92 Å². The number of ether oxygens (including phenoxy) is 2. The zero-order valence-corrected chi connectivity index (χ0v) is 4.64. The third-order valence-electron chi connectivity index (χ3n) is 0.814. The smallest absolute Gasteiger partial charge is 0.303 e. The first-order chi connectivity index (χ1) is 3.79. The van der Waals surface area contributed by atoms with Crippen LogP contribution >= 0.6 is 0 Å². The van der Waals surface area contributed by atoms with Gasteiger partial charge in [0.1, 0.15) is 0 Å². The second-order valence-corrected chi connectivity index (χ2v) is 1.63. The lowest BCUT2D eigenvalue weighted by Crippen LogP contribution is -2.28. The molecular weight excluding hydrogens is 108 g/mol. The van der Waals surface area contributed by atoms with Gasteiger partial charge in [0.25, 0.3) is 0 Å². The average Bonchev–Trinajstić information content (AvgIpc) is 1.55. The quantitative estimate of drug-likeness (QED) is 0.455. The minimum Gasteiger partial charge on any atom is -0.450 e. The van der Waals surface area contributed by atoms with Crippen molar-refractivity contribution in [3.63, 3.8) is 0 Å². The molecule has 0 aromatic heterocycles. The van der Waals surface area contributed by atoms with E-state index in [2.05, 4.69) is 4.74 Å². The van der Waals surface area contributed by atoms with Crippen molar-refractivity contribution in [2.45, 2.75) is 6.92 Å². The molecule has 0 aromatic carbocycles. The maximum atomic E-state index is 10.1. The van der Waals surface area contributed by atoms with Crippen molar-refractivity contribution in [2.24, 2.45) is 0 Å². The molecule has 0 spiro atoms. The van der Waals surface area contributed by atoms with E-state index in [1.807, 2.05) is 0 Å². The summed E-state index contributed by atoms with van der Waals surface area (Å²) in [5, 5.41) is 0. The maximum Gasteiger partial charge on any atom is 0.303 e. The van der Waals surface area contributed by atoms with Gasteiger partial charge in [0.05, 0.1) is 13.2 Å². The standard InChI is InChI=1S/C5H7O3/c1-4(6)8-5-2-7-3-5/h2-3H2,1H3. The van der Waals surface area contributed by atoms with Gasteiger partial charge in [0.2, 0.25) is 6.10 Å². The molecule has 0 aliphatic carbocycles. The fourth-order valence-electron chi connectivity index (χ4n) is 0.448. The topological polar surface area (TPSA) is 35.5 Å². The summed E-state index contributed by atoms with van der Waals surface area (Å²) in [6.07, 6.45) is 0.734. The third-order valence-corrected chi connectivity index (χ3v) is 0.814. The Morgan fingerprint density at radius 3 is 2.50 bits per heavy atom. The summed E-state index contributed by atoms with van der Waals surface area (Å²) in [5.41, 5.74) is 0. The van der Waals surface area contributed by atoms with Crippen LogP contribution in [0.15, 0.2) is 0 Å². The Bertz CT molecular complexity index is 95.8. The van der Waals surface area contributed by atoms with E-state index >= 15 is 0 Å². The molecule has 0 atom stereocenters. The lowest BCUT2D eigenvalue weighted by Gasteiger charge is -2.22. The van der Waals surface area contributed by atoms with E-state index in [0.29, 0.717) is 13.2 Å². The summed E-state index contributed by atoms with van der Waals surface area (Å²) in [5.74, 6) is -0.261. The molecule has 0 aromatic rings. The van der Waals surface area contributed by atoms with Crippen molar-refractivity contribution in [1.82, 2.24) is 0 Å². The Labute approximate surface area is 47.6 Å². The SMILES string of the molecule is CC(=O)O[C]1COC1. The zero-order chi connectivity index (χ0) is 5.98. The molecule has 0 amide bonds. The monoisotopic (exact) mass is 115 g/mol. The Hall–Kier alpha value is -0.570. The molecule has 1 aliphatic heterocycles. The Morgan fingerprint density at radius 1 is 1.75 bits per heavy atom. The van der Waals surface area contributed by atoms with Gasteiger partial charge in [-0.15, -0.1) is 0 Å². The largest absolute Gasteiger partial charge is 0.450 e. The predicted octanol–water partition coefficient (Wildman–Crippen LogP) is 0.112. The molecule has 1 aliphatic rings. The molecule has 3 heteroatoms. The summed E-state index contributed by atoms with van der Waals surface area (Å²) in [6.45, 7) is 2.35. The van der Waals surface area contributed by atoms with E-state index in [-0.39, 0.29) is 5.97 Å². The Kier molecular flexibility index (Phi) is 1.48. The van der Waals surface area contributed by atoms with Crippen LogP contribution in [0.2, 0.25) is 0 Å². The van der Waals surface area contributed by atoms with E-state index in [4.69, 9.17) is 4.74 Å². The number of rotatable bonds is 1. The van der Waals surface area contributed by atoms with Crippen LogP contribution in [0.3, 0.4) is 0 Å². The summed E-state index contributed by atoms with van der Waals surface area (Å²) >= 11 is 0. The molecule has 1 heterocycles. The lowest BCUT2D eigenvalue weighted by molar-refractivity contribution is -0.149. The summed E-state index contributed by atoms with van der Waals surface area (Å²) in [4.78, 5) is 10.1. The van der Waals surface area contributed by atoms with Gasteiger partial charge in [-0.3, -0.25) is 4.79 Å². The predicted molar refractivity (Wildman–Crippen MR) is 25.8 cm³/mol. The minimum atomic E-state index is -0.261. The van der Waals surface area contributed by atoms with Crippen LogP contribution in [0.4, 0.5) is 0 Å². The summed E-state index contributed by atoms with van der Waals surface area (Å²) in [7, 11) is 0. The molecule has 0 saturated carbocycles. The molecular formula is C5H7O3. The van der Waals surface area contributed by atoms with E-state index in [1.54, 1.807) is 0 Å². The highest BCUT2D eigenvalue weighted by molar-refractivity contribution is 5.67. The highest BCUT2D eigenvalue weighted by Crippen LogP contribution is 2.13. The number of carbonyl (C=O) groups is 1. The highest BCUT2D eigenvalue weighted by atomic mass is 16.6. The van der Waals surface area contributed by atoms with Crippen molar-refractivity contribution in [1.29, 1.82) is 0 Å².